The number of hydrogen-bond acceptors (Lipinski definition) is 9. The number of nitrogens with one attached hydrogen (secondary N) is 1. The SMILES string of the molecule is CC(C)Oc1cc(C(=O)O)cc(Cl)c1Cl.COC(=O)c1ccc(N)cc1C.COC(=O)c1ccc(NC(=O)c2cc(Cl)c(Cl)c(OC(C)C)c2)cc1C. The highest BCUT2D eigenvalue weighted by Crippen LogP contribution is 2.35. The second-order valence-corrected chi connectivity index (χ2v) is 13.3. The summed E-state index contributed by atoms with van der Waals surface area (Å²) in [7, 11) is 2.68. The van der Waals surface area contributed by atoms with Gasteiger partial charge in [-0.1, -0.05) is 46.4 Å². The molecule has 0 spiro atoms. The summed E-state index contributed by atoms with van der Waals surface area (Å²) in [4.78, 5) is 46.0. The van der Waals surface area contributed by atoms with Gasteiger partial charge in [0, 0.05) is 16.9 Å². The van der Waals surface area contributed by atoms with Crippen LogP contribution in [0.15, 0.2) is 60.7 Å². The Balaban J connectivity index is 0.000000304. The zero-order valence-corrected chi connectivity index (χ0v) is 33.3. The lowest BCUT2D eigenvalue weighted by Crippen LogP contribution is -2.14. The topological polar surface area (TPSA) is 163 Å². The van der Waals surface area contributed by atoms with Crippen LogP contribution in [0.4, 0.5) is 11.4 Å². The molecule has 0 atom stereocenters. The van der Waals surface area contributed by atoms with Gasteiger partial charge in [0.15, 0.2) is 0 Å². The Morgan fingerprint density at radius 2 is 1.09 bits per heavy atom. The molecule has 0 saturated carbocycles. The van der Waals surface area contributed by atoms with Crippen molar-refractivity contribution in [1.29, 1.82) is 0 Å². The summed E-state index contributed by atoms with van der Waals surface area (Å²) in [5.74, 6) is -1.56. The fraction of sp³-hybridized carbons (Fsp3) is 0.263. The van der Waals surface area contributed by atoms with E-state index in [9.17, 15) is 19.2 Å². The Bertz CT molecular complexity index is 1970. The number of aromatic carboxylic acids is 1. The fourth-order valence-electron chi connectivity index (χ4n) is 4.37. The maximum absolute atomic E-state index is 12.5. The molecule has 11 nitrogen and oxygen atoms in total. The normalized spacial score (nSPS) is 10.3. The molecule has 4 N–H and O–H groups in total. The number of esters is 2. The number of hydrogen-bond donors (Lipinski definition) is 3. The molecule has 0 radical (unpaired) electrons. The molecule has 4 aromatic rings. The van der Waals surface area contributed by atoms with Crippen LogP contribution < -0.4 is 20.5 Å². The number of anilines is 2. The van der Waals surface area contributed by atoms with Gasteiger partial charge in [0.1, 0.15) is 21.5 Å². The number of rotatable bonds is 9. The smallest absolute Gasteiger partial charge is 0.338 e. The van der Waals surface area contributed by atoms with Gasteiger partial charge in [0.25, 0.3) is 5.91 Å². The monoisotopic (exact) mass is 808 g/mol. The van der Waals surface area contributed by atoms with E-state index in [0.29, 0.717) is 39.4 Å². The number of methoxy groups -OCH3 is 2. The summed E-state index contributed by atoms with van der Waals surface area (Å²) < 4.78 is 20.2. The van der Waals surface area contributed by atoms with E-state index in [1.54, 1.807) is 49.4 Å². The molecular formula is C38H40Cl4N2O9. The molecule has 0 fully saturated rings. The predicted molar refractivity (Wildman–Crippen MR) is 209 cm³/mol. The van der Waals surface area contributed by atoms with Gasteiger partial charge >= 0.3 is 17.9 Å². The third-order valence-corrected chi connectivity index (χ3v) is 8.34. The molecule has 4 rings (SSSR count). The van der Waals surface area contributed by atoms with Gasteiger partial charge in [-0.15, -0.1) is 0 Å². The van der Waals surface area contributed by atoms with Crippen LogP contribution in [0.3, 0.4) is 0 Å². The number of benzene rings is 4. The average Bonchev–Trinajstić information content (AvgIpc) is 3.08. The number of aryl methyl sites for hydroxylation is 2. The molecule has 0 saturated heterocycles. The fourth-order valence-corrected chi connectivity index (χ4v) is 5.10. The first-order valence-corrected chi connectivity index (χ1v) is 17.3. The minimum absolute atomic E-state index is 0.0556. The number of carboxylic acids is 1. The molecule has 0 aliphatic heterocycles. The lowest BCUT2D eigenvalue weighted by atomic mass is 10.1. The van der Waals surface area contributed by atoms with E-state index in [2.05, 4.69) is 10.1 Å². The number of ether oxygens (including phenoxy) is 4. The number of amides is 1. The molecular weight excluding hydrogens is 770 g/mol. The summed E-state index contributed by atoms with van der Waals surface area (Å²) in [6.07, 6.45) is -0.210. The summed E-state index contributed by atoms with van der Waals surface area (Å²) in [5, 5.41) is 12.5. The Kier molecular flexibility index (Phi) is 17.2. The third kappa shape index (κ3) is 13.4. The zero-order chi connectivity index (χ0) is 40.2. The van der Waals surface area contributed by atoms with E-state index >= 15 is 0 Å². The Morgan fingerprint density at radius 3 is 1.51 bits per heavy atom. The summed E-state index contributed by atoms with van der Waals surface area (Å²) in [5.41, 5.74) is 9.60. The molecule has 0 heterocycles. The van der Waals surface area contributed by atoms with E-state index in [4.69, 9.17) is 71.5 Å². The van der Waals surface area contributed by atoms with Crippen molar-refractivity contribution < 1.29 is 43.2 Å². The molecule has 0 aromatic heterocycles. The molecule has 0 aliphatic carbocycles. The van der Waals surface area contributed by atoms with Crippen LogP contribution in [0, 0.1) is 13.8 Å². The number of nitrogens with two attached hydrogens (primary N) is 1. The van der Waals surface area contributed by atoms with Crippen LogP contribution in [-0.2, 0) is 9.47 Å². The molecule has 1 amide bonds. The highest BCUT2D eigenvalue weighted by atomic mass is 35.5. The number of carbonyl (C=O) groups excluding carboxylic acids is 3. The minimum Gasteiger partial charge on any atom is -0.489 e. The Morgan fingerprint density at radius 1 is 0.660 bits per heavy atom. The summed E-state index contributed by atoms with van der Waals surface area (Å²) in [6.45, 7) is 10.9. The molecule has 4 aromatic carbocycles. The predicted octanol–water partition coefficient (Wildman–Crippen LogP) is 9.97. The number of carboxylic acid groups (broad SMARTS) is 1. The molecule has 284 valence electrons. The molecule has 0 unspecified atom stereocenters. The molecule has 53 heavy (non-hydrogen) atoms. The Labute approximate surface area is 328 Å². The quantitative estimate of drug-likeness (QED) is 0.110. The van der Waals surface area contributed by atoms with Gasteiger partial charge in [-0.05, 0) is 113 Å². The van der Waals surface area contributed by atoms with Crippen LogP contribution in [0.25, 0.3) is 0 Å². The highest BCUT2D eigenvalue weighted by Gasteiger charge is 2.17. The van der Waals surface area contributed by atoms with Crippen molar-refractivity contribution in [2.45, 2.75) is 53.8 Å². The van der Waals surface area contributed by atoms with Crippen LogP contribution >= 0.6 is 46.4 Å². The van der Waals surface area contributed by atoms with Crippen LogP contribution in [0.1, 0.15) is 80.3 Å². The van der Waals surface area contributed by atoms with E-state index in [-0.39, 0.29) is 55.5 Å². The largest absolute Gasteiger partial charge is 0.489 e. The maximum atomic E-state index is 12.5. The highest BCUT2D eigenvalue weighted by molar-refractivity contribution is 6.43. The molecule has 0 aliphatic rings. The first kappa shape index (κ1) is 44.5. The third-order valence-electron chi connectivity index (χ3n) is 6.77. The van der Waals surface area contributed by atoms with Gasteiger partial charge in [0.2, 0.25) is 0 Å². The van der Waals surface area contributed by atoms with Gasteiger partial charge in [0.05, 0.1) is 53.2 Å². The maximum Gasteiger partial charge on any atom is 0.338 e. The molecule has 15 heteroatoms. The standard InChI is InChI=1S/C19H19Cl2NO4.C10H10Cl2O3.C9H11NO2/c1-10(2)26-16-9-12(8-15(20)17(16)21)18(23)22-13-5-6-14(11(3)7-13)19(24)25-4;1-5(2)15-8-4-6(10(13)14)3-7(11)9(8)12;1-6-5-7(10)3-4-8(6)9(11)12-2/h5-10H,1-4H3,(H,22,23);3-5H,1-2H3,(H,13,14);3-5H,10H2,1-2H3. The molecule has 0 bridgehead atoms. The lowest BCUT2D eigenvalue weighted by molar-refractivity contribution is 0.0591. The Hall–Kier alpha value is -4.68. The van der Waals surface area contributed by atoms with Crippen molar-refractivity contribution in [3.05, 3.63) is 114 Å². The van der Waals surface area contributed by atoms with Crippen LogP contribution in [-0.4, -0.2) is 55.3 Å². The van der Waals surface area contributed by atoms with Crippen LogP contribution in [0.5, 0.6) is 11.5 Å². The van der Waals surface area contributed by atoms with Gasteiger partial charge in [-0.2, -0.15) is 0 Å². The second kappa shape index (κ2) is 20.5. The van der Waals surface area contributed by atoms with E-state index < -0.39 is 11.9 Å². The van der Waals surface area contributed by atoms with E-state index in [1.807, 2.05) is 34.6 Å². The van der Waals surface area contributed by atoms with Gasteiger partial charge in [-0.25, -0.2) is 14.4 Å². The number of nitrogen functional groups attached to an aromatic ring is 1. The van der Waals surface area contributed by atoms with E-state index in [0.717, 1.165) is 5.56 Å². The van der Waals surface area contributed by atoms with Crippen molar-refractivity contribution >= 4 is 81.6 Å². The van der Waals surface area contributed by atoms with E-state index in [1.165, 1.54) is 32.4 Å². The van der Waals surface area contributed by atoms with Crippen LogP contribution in [0.2, 0.25) is 20.1 Å². The van der Waals surface area contributed by atoms with Gasteiger partial charge < -0.3 is 35.1 Å². The lowest BCUT2D eigenvalue weighted by Gasteiger charge is -2.14. The van der Waals surface area contributed by atoms with Crippen molar-refractivity contribution in [3.63, 3.8) is 0 Å². The second-order valence-electron chi connectivity index (χ2n) is 11.7. The van der Waals surface area contributed by atoms with Gasteiger partial charge in [-0.3, -0.25) is 4.79 Å². The summed E-state index contributed by atoms with van der Waals surface area (Å²) in [6, 6.07) is 15.7. The van der Waals surface area contributed by atoms with Crippen molar-refractivity contribution in [3.8, 4) is 11.5 Å². The minimum atomic E-state index is -1.07. The van der Waals surface area contributed by atoms with Crippen molar-refractivity contribution in [2.75, 3.05) is 25.3 Å². The zero-order valence-electron chi connectivity index (χ0n) is 30.2. The first-order chi connectivity index (χ1) is 24.8. The van der Waals surface area contributed by atoms with Crippen molar-refractivity contribution in [2.24, 2.45) is 0 Å². The average molecular weight is 811 g/mol. The van der Waals surface area contributed by atoms with Crippen molar-refractivity contribution in [1.82, 2.24) is 0 Å². The number of halogens is 4. The summed E-state index contributed by atoms with van der Waals surface area (Å²) >= 11 is 23.9. The first-order valence-electron chi connectivity index (χ1n) is 15.8. The number of carbonyl (C=O) groups is 4.